The van der Waals surface area contributed by atoms with E-state index in [0.29, 0.717) is 13.2 Å². The Morgan fingerprint density at radius 2 is 2.06 bits per heavy atom. The van der Waals surface area contributed by atoms with Crippen LogP contribution < -0.4 is 10.1 Å². The zero-order chi connectivity index (χ0) is 13.5. The maximum Gasteiger partial charge on any atom is 0.120 e. The predicted molar refractivity (Wildman–Crippen MR) is 71.8 cm³/mol. The maximum absolute atomic E-state index is 9.77. The van der Waals surface area contributed by atoms with Crippen LogP contribution >= 0.6 is 0 Å². The molecule has 0 aliphatic rings. The molecule has 0 spiro atoms. The van der Waals surface area contributed by atoms with Gasteiger partial charge in [0.2, 0.25) is 0 Å². The summed E-state index contributed by atoms with van der Waals surface area (Å²) in [6.07, 6.45) is 0. The Labute approximate surface area is 109 Å². The van der Waals surface area contributed by atoms with Crippen molar-refractivity contribution in [1.29, 1.82) is 0 Å². The molecule has 1 aromatic rings. The van der Waals surface area contributed by atoms with Crippen LogP contribution in [0.3, 0.4) is 0 Å². The largest absolute Gasteiger partial charge is 0.508 e. The van der Waals surface area contributed by atoms with Gasteiger partial charge in [0.1, 0.15) is 11.5 Å². The normalized spacial score (nSPS) is 14.2. The van der Waals surface area contributed by atoms with Crippen molar-refractivity contribution < 1.29 is 14.9 Å². The van der Waals surface area contributed by atoms with Crippen LogP contribution in [0, 0.1) is 5.92 Å². The third kappa shape index (κ3) is 4.20. The molecule has 1 aromatic carbocycles. The van der Waals surface area contributed by atoms with E-state index in [-0.39, 0.29) is 24.3 Å². The van der Waals surface area contributed by atoms with Gasteiger partial charge in [0.25, 0.3) is 0 Å². The number of aromatic hydroxyl groups is 1. The summed E-state index contributed by atoms with van der Waals surface area (Å²) in [5, 5.41) is 22.1. The number of benzene rings is 1. The Morgan fingerprint density at radius 1 is 1.33 bits per heavy atom. The summed E-state index contributed by atoms with van der Waals surface area (Å²) in [5.74, 6) is 1.20. The van der Waals surface area contributed by atoms with Crippen LogP contribution in [-0.4, -0.2) is 29.5 Å². The molecule has 4 heteroatoms. The summed E-state index contributed by atoms with van der Waals surface area (Å²) >= 11 is 0. The minimum absolute atomic E-state index is 0.152. The number of hydrogen-bond donors (Lipinski definition) is 3. The lowest BCUT2D eigenvalue weighted by molar-refractivity contribution is 0.206. The molecule has 18 heavy (non-hydrogen) atoms. The highest BCUT2D eigenvalue weighted by Crippen LogP contribution is 2.23. The van der Waals surface area contributed by atoms with Crippen molar-refractivity contribution in [3.63, 3.8) is 0 Å². The second kappa shape index (κ2) is 7.24. The van der Waals surface area contributed by atoms with Gasteiger partial charge in [-0.15, -0.1) is 0 Å². The summed E-state index contributed by atoms with van der Waals surface area (Å²) < 4.78 is 5.40. The summed E-state index contributed by atoms with van der Waals surface area (Å²) in [5.41, 5.74) is 0.804. The molecule has 0 aliphatic carbocycles. The van der Waals surface area contributed by atoms with Gasteiger partial charge in [0, 0.05) is 24.8 Å². The zero-order valence-corrected chi connectivity index (χ0v) is 11.3. The average molecular weight is 253 g/mol. The van der Waals surface area contributed by atoms with E-state index in [1.54, 1.807) is 12.1 Å². The minimum Gasteiger partial charge on any atom is -0.508 e. The van der Waals surface area contributed by atoms with Crippen molar-refractivity contribution in [2.75, 3.05) is 13.2 Å². The summed E-state index contributed by atoms with van der Waals surface area (Å²) in [6.45, 7) is 7.24. The first kappa shape index (κ1) is 14.8. The number of aliphatic hydroxyl groups excluding tert-OH is 1. The van der Waals surface area contributed by atoms with Gasteiger partial charge >= 0.3 is 0 Å². The van der Waals surface area contributed by atoms with Crippen molar-refractivity contribution in [2.45, 2.75) is 33.4 Å². The molecule has 0 bridgehead atoms. The lowest BCUT2D eigenvalue weighted by Gasteiger charge is -2.19. The highest BCUT2D eigenvalue weighted by molar-refractivity contribution is 5.39. The molecule has 0 heterocycles. The predicted octanol–water partition coefficient (Wildman–Crippen LogP) is 1.90. The topological polar surface area (TPSA) is 61.7 Å². The van der Waals surface area contributed by atoms with Gasteiger partial charge in [-0.05, 0) is 38.0 Å². The fourth-order valence-electron chi connectivity index (χ4n) is 1.59. The first-order valence-corrected chi connectivity index (χ1v) is 6.37. The molecule has 0 aliphatic heterocycles. The smallest absolute Gasteiger partial charge is 0.120 e. The number of phenols is 1. The Bertz CT molecular complexity index is 368. The van der Waals surface area contributed by atoms with Crippen molar-refractivity contribution in [2.24, 2.45) is 5.92 Å². The maximum atomic E-state index is 9.77. The van der Waals surface area contributed by atoms with Crippen LogP contribution in [0.25, 0.3) is 0 Å². The van der Waals surface area contributed by atoms with Gasteiger partial charge in [-0.1, -0.05) is 6.92 Å². The molecule has 0 aromatic heterocycles. The van der Waals surface area contributed by atoms with E-state index < -0.39 is 0 Å². The highest BCUT2D eigenvalue weighted by atomic mass is 16.5. The highest BCUT2D eigenvalue weighted by Gasteiger charge is 2.11. The molecular weight excluding hydrogens is 230 g/mol. The Morgan fingerprint density at radius 3 is 2.67 bits per heavy atom. The molecule has 102 valence electrons. The lowest BCUT2D eigenvalue weighted by atomic mass is 10.0. The summed E-state index contributed by atoms with van der Waals surface area (Å²) in [6, 6.07) is 5.41. The van der Waals surface area contributed by atoms with Crippen LogP contribution in [0.2, 0.25) is 0 Å². The molecule has 0 saturated carbocycles. The van der Waals surface area contributed by atoms with Gasteiger partial charge in [-0.3, -0.25) is 0 Å². The van der Waals surface area contributed by atoms with Crippen molar-refractivity contribution in [3.05, 3.63) is 23.8 Å². The number of ether oxygens (including phenoxy) is 1. The molecule has 4 nitrogen and oxygen atoms in total. The molecule has 0 amide bonds. The van der Waals surface area contributed by atoms with Crippen LogP contribution in [0.1, 0.15) is 26.3 Å². The van der Waals surface area contributed by atoms with Crippen LogP contribution in [0.5, 0.6) is 11.5 Å². The van der Waals surface area contributed by atoms with E-state index in [1.807, 2.05) is 26.8 Å². The second-order valence-electron chi connectivity index (χ2n) is 4.55. The molecule has 1 rings (SSSR count). The summed E-state index contributed by atoms with van der Waals surface area (Å²) in [7, 11) is 0. The van der Waals surface area contributed by atoms with Crippen LogP contribution in [-0.2, 0) is 6.54 Å². The molecule has 0 fully saturated rings. The number of hydrogen-bond acceptors (Lipinski definition) is 4. The third-order valence-corrected chi connectivity index (χ3v) is 3.12. The monoisotopic (exact) mass is 253 g/mol. The molecule has 2 atom stereocenters. The SMILES string of the molecule is CCOc1ccc(O)c(CNC(C)C(C)CO)c1. The molecular formula is C14H23NO3. The molecule has 2 unspecified atom stereocenters. The number of rotatable bonds is 7. The van der Waals surface area contributed by atoms with E-state index in [9.17, 15) is 5.11 Å². The Kier molecular flexibility index (Phi) is 5.95. The Balaban J connectivity index is 2.63. The molecule has 0 radical (unpaired) electrons. The Hall–Kier alpha value is -1.26. The van der Waals surface area contributed by atoms with E-state index in [1.165, 1.54) is 0 Å². The van der Waals surface area contributed by atoms with Gasteiger partial charge in [0.15, 0.2) is 0 Å². The van der Waals surface area contributed by atoms with Gasteiger partial charge in [-0.2, -0.15) is 0 Å². The standard InChI is InChI=1S/C14H23NO3/c1-4-18-13-5-6-14(17)12(7-13)8-15-11(3)10(2)9-16/h5-7,10-11,15-17H,4,8-9H2,1-3H3. The van der Waals surface area contributed by atoms with Crippen molar-refractivity contribution >= 4 is 0 Å². The van der Waals surface area contributed by atoms with E-state index in [4.69, 9.17) is 9.84 Å². The molecule has 0 saturated heterocycles. The van der Waals surface area contributed by atoms with Gasteiger partial charge in [0.05, 0.1) is 6.61 Å². The van der Waals surface area contributed by atoms with E-state index >= 15 is 0 Å². The number of nitrogens with one attached hydrogen (secondary N) is 1. The quantitative estimate of drug-likeness (QED) is 0.694. The van der Waals surface area contributed by atoms with Crippen molar-refractivity contribution in [3.8, 4) is 11.5 Å². The average Bonchev–Trinajstić information content (AvgIpc) is 2.38. The fourth-order valence-corrected chi connectivity index (χ4v) is 1.59. The van der Waals surface area contributed by atoms with Crippen LogP contribution in [0.15, 0.2) is 18.2 Å². The van der Waals surface area contributed by atoms with Crippen molar-refractivity contribution in [1.82, 2.24) is 5.32 Å². The zero-order valence-electron chi connectivity index (χ0n) is 11.3. The first-order valence-electron chi connectivity index (χ1n) is 6.37. The second-order valence-corrected chi connectivity index (χ2v) is 4.55. The third-order valence-electron chi connectivity index (χ3n) is 3.12. The summed E-state index contributed by atoms with van der Waals surface area (Å²) in [4.78, 5) is 0. The molecule has 3 N–H and O–H groups in total. The van der Waals surface area contributed by atoms with Crippen LogP contribution in [0.4, 0.5) is 0 Å². The van der Waals surface area contributed by atoms with E-state index in [2.05, 4.69) is 5.32 Å². The minimum atomic E-state index is 0.152. The van der Waals surface area contributed by atoms with E-state index in [0.717, 1.165) is 11.3 Å². The first-order chi connectivity index (χ1) is 8.58. The number of phenolic OH excluding ortho intramolecular Hbond substituents is 1. The van der Waals surface area contributed by atoms with Gasteiger partial charge < -0.3 is 20.3 Å². The van der Waals surface area contributed by atoms with Gasteiger partial charge in [-0.25, -0.2) is 0 Å². The fraction of sp³-hybridized carbons (Fsp3) is 0.571. The number of aliphatic hydroxyl groups is 1. The lowest BCUT2D eigenvalue weighted by Crippen LogP contribution is -2.33.